The predicted octanol–water partition coefficient (Wildman–Crippen LogP) is 2.63. The van der Waals surface area contributed by atoms with Crippen molar-refractivity contribution in [2.24, 2.45) is 5.92 Å². The van der Waals surface area contributed by atoms with Crippen molar-refractivity contribution in [2.45, 2.75) is 25.3 Å². The van der Waals surface area contributed by atoms with Crippen molar-refractivity contribution in [3.63, 3.8) is 0 Å². The smallest absolute Gasteiger partial charge is 0.165 e. The van der Waals surface area contributed by atoms with Crippen molar-refractivity contribution < 1.29 is 13.5 Å². The third-order valence-electron chi connectivity index (χ3n) is 3.31. The van der Waals surface area contributed by atoms with E-state index in [1.165, 1.54) is 0 Å². The minimum atomic E-state index is -0.812. The first kappa shape index (κ1) is 13.8. The van der Waals surface area contributed by atoms with E-state index in [0.29, 0.717) is 6.54 Å². The molecule has 1 aliphatic rings. The fourth-order valence-electron chi connectivity index (χ4n) is 2.15. The summed E-state index contributed by atoms with van der Waals surface area (Å²) in [6.45, 7) is 2.54. The zero-order chi connectivity index (χ0) is 13.9. The molecular formula is C14H16F2N2O. The lowest BCUT2D eigenvalue weighted by atomic mass is 9.96. The Bertz CT molecular complexity index is 497. The molecule has 0 aromatic heterocycles. The van der Waals surface area contributed by atoms with Crippen molar-refractivity contribution in [1.82, 2.24) is 5.32 Å². The van der Waals surface area contributed by atoms with Gasteiger partial charge in [-0.25, -0.2) is 8.78 Å². The Morgan fingerprint density at radius 2 is 2.21 bits per heavy atom. The van der Waals surface area contributed by atoms with Gasteiger partial charge in [0.15, 0.2) is 11.6 Å². The van der Waals surface area contributed by atoms with Crippen LogP contribution >= 0.6 is 0 Å². The van der Waals surface area contributed by atoms with Gasteiger partial charge >= 0.3 is 0 Å². The topological polar surface area (TPSA) is 45.0 Å². The van der Waals surface area contributed by atoms with Gasteiger partial charge in [0.1, 0.15) is 18.0 Å². The Labute approximate surface area is 111 Å². The van der Waals surface area contributed by atoms with E-state index < -0.39 is 17.2 Å². The standard InChI is InChI=1S/C14H16F2N2O/c1-2-18-14(8-17,10-3-4-10)9-19-13-7-11(15)5-6-12(13)16/h5-7,10,18H,2-4,9H2,1H3. The first-order chi connectivity index (χ1) is 9.11. The van der Waals surface area contributed by atoms with Crippen LogP contribution in [0.3, 0.4) is 0 Å². The van der Waals surface area contributed by atoms with Crippen LogP contribution in [0.1, 0.15) is 19.8 Å². The van der Waals surface area contributed by atoms with Gasteiger partial charge in [-0.3, -0.25) is 5.32 Å². The molecule has 0 radical (unpaired) electrons. The van der Waals surface area contributed by atoms with Crippen LogP contribution in [0.5, 0.6) is 5.75 Å². The lowest BCUT2D eigenvalue weighted by Crippen LogP contribution is -2.51. The molecule has 1 aromatic carbocycles. The highest BCUT2D eigenvalue weighted by molar-refractivity contribution is 5.26. The van der Waals surface area contributed by atoms with E-state index in [-0.39, 0.29) is 18.3 Å². The maximum atomic E-state index is 13.5. The van der Waals surface area contributed by atoms with E-state index in [0.717, 1.165) is 31.0 Å². The van der Waals surface area contributed by atoms with Crippen molar-refractivity contribution in [3.05, 3.63) is 29.8 Å². The summed E-state index contributed by atoms with van der Waals surface area (Å²) in [5.74, 6) is -1.12. The number of likely N-dealkylation sites (N-methyl/N-ethyl adjacent to an activating group) is 1. The molecule has 0 amide bonds. The van der Waals surface area contributed by atoms with E-state index in [9.17, 15) is 14.0 Å². The summed E-state index contributed by atoms with van der Waals surface area (Å²) in [5.41, 5.74) is -0.812. The van der Waals surface area contributed by atoms with Crippen LogP contribution < -0.4 is 10.1 Å². The van der Waals surface area contributed by atoms with Crippen molar-refractivity contribution in [3.8, 4) is 11.8 Å². The minimum Gasteiger partial charge on any atom is -0.487 e. The fraction of sp³-hybridized carbons (Fsp3) is 0.500. The number of nitrogens with one attached hydrogen (secondary N) is 1. The molecule has 0 saturated heterocycles. The highest BCUT2D eigenvalue weighted by Gasteiger charge is 2.46. The first-order valence-corrected chi connectivity index (χ1v) is 6.35. The van der Waals surface area contributed by atoms with Gasteiger partial charge in [-0.1, -0.05) is 6.92 Å². The van der Waals surface area contributed by atoms with Gasteiger partial charge in [-0.2, -0.15) is 5.26 Å². The molecule has 2 rings (SSSR count). The Balaban J connectivity index is 2.10. The number of hydrogen-bond donors (Lipinski definition) is 1. The van der Waals surface area contributed by atoms with Crippen molar-refractivity contribution >= 4 is 0 Å². The van der Waals surface area contributed by atoms with E-state index in [4.69, 9.17) is 4.74 Å². The quantitative estimate of drug-likeness (QED) is 0.861. The summed E-state index contributed by atoms with van der Waals surface area (Å²) in [5, 5.41) is 12.5. The Morgan fingerprint density at radius 1 is 1.47 bits per heavy atom. The van der Waals surface area contributed by atoms with Crippen LogP contribution in [0.25, 0.3) is 0 Å². The molecule has 1 aromatic rings. The molecule has 102 valence electrons. The van der Waals surface area contributed by atoms with Crippen LogP contribution in [-0.4, -0.2) is 18.7 Å². The molecule has 0 bridgehead atoms. The number of rotatable bonds is 6. The molecule has 3 nitrogen and oxygen atoms in total. The van der Waals surface area contributed by atoms with Gasteiger partial charge in [0, 0.05) is 6.07 Å². The van der Waals surface area contributed by atoms with Gasteiger partial charge in [0.05, 0.1) is 6.07 Å². The molecule has 1 atom stereocenters. The zero-order valence-corrected chi connectivity index (χ0v) is 10.7. The molecule has 0 aliphatic heterocycles. The molecule has 0 spiro atoms. The van der Waals surface area contributed by atoms with Gasteiger partial charge in [-0.15, -0.1) is 0 Å². The number of nitriles is 1. The van der Waals surface area contributed by atoms with Crippen LogP contribution in [0.15, 0.2) is 18.2 Å². The van der Waals surface area contributed by atoms with Crippen LogP contribution in [-0.2, 0) is 0 Å². The van der Waals surface area contributed by atoms with Crippen molar-refractivity contribution in [2.75, 3.05) is 13.2 Å². The molecule has 19 heavy (non-hydrogen) atoms. The summed E-state index contributed by atoms with van der Waals surface area (Å²) < 4.78 is 31.8. The molecule has 5 heteroatoms. The number of nitrogens with zero attached hydrogens (tertiary/aromatic N) is 1. The highest BCUT2D eigenvalue weighted by Crippen LogP contribution is 2.39. The minimum absolute atomic E-state index is 0.0163. The summed E-state index contributed by atoms with van der Waals surface area (Å²) in [6.07, 6.45) is 1.91. The summed E-state index contributed by atoms with van der Waals surface area (Å²) in [7, 11) is 0. The third-order valence-corrected chi connectivity index (χ3v) is 3.31. The molecule has 1 aliphatic carbocycles. The van der Waals surface area contributed by atoms with Crippen LogP contribution in [0, 0.1) is 28.9 Å². The lowest BCUT2D eigenvalue weighted by molar-refractivity contribution is 0.197. The van der Waals surface area contributed by atoms with E-state index >= 15 is 0 Å². The zero-order valence-electron chi connectivity index (χ0n) is 10.7. The van der Waals surface area contributed by atoms with E-state index in [2.05, 4.69) is 11.4 Å². The molecule has 1 fully saturated rings. The van der Waals surface area contributed by atoms with Crippen LogP contribution in [0.2, 0.25) is 0 Å². The maximum absolute atomic E-state index is 13.5. The average molecular weight is 266 g/mol. The fourth-order valence-corrected chi connectivity index (χ4v) is 2.15. The third kappa shape index (κ3) is 3.02. The summed E-state index contributed by atoms with van der Waals surface area (Å²) in [6, 6.07) is 5.28. The second kappa shape index (κ2) is 5.54. The van der Waals surface area contributed by atoms with Gasteiger partial charge in [-0.05, 0) is 37.4 Å². The molecule has 1 saturated carbocycles. The highest BCUT2D eigenvalue weighted by atomic mass is 19.1. The maximum Gasteiger partial charge on any atom is 0.165 e. The summed E-state index contributed by atoms with van der Waals surface area (Å²) >= 11 is 0. The second-order valence-electron chi connectivity index (χ2n) is 4.75. The summed E-state index contributed by atoms with van der Waals surface area (Å²) in [4.78, 5) is 0. The van der Waals surface area contributed by atoms with Gasteiger partial charge in [0.25, 0.3) is 0 Å². The largest absolute Gasteiger partial charge is 0.487 e. The van der Waals surface area contributed by atoms with E-state index in [1.807, 2.05) is 6.92 Å². The molecule has 1 unspecified atom stereocenters. The van der Waals surface area contributed by atoms with Crippen LogP contribution in [0.4, 0.5) is 8.78 Å². The second-order valence-corrected chi connectivity index (χ2v) is 4.75. The van der Waals surface area contributed by atoms with Crippen molar-refractivity contribution in [1.29, 1.82) is 5.26 Å². The monoisotopic (exact) mass is 266 g/mol. The SMILES string of the molecule is CCNC(C#N)(COc1cc(F)ccc1F)C1CC1. The normalized spacial score (nSPS) is 17.6. The molecular weight excluding hydrogens is 250 g/mol. The van der Waals surface area contributed by atoms with Gasteiger partial charge in [0.2, 0.25) is 0 Å². The Morgan fingerprint density at radius 3 is 2.79 bits per heavy atom. The van der Waals surface area contributed by atoms with Gasteiger partial charge < -0.3 is 4.74 Å². The molecule has 0 heterocycles. The first-order valence-electron chi connectivity index (χ1n) is 6.35. The number of benzene rings is 1. The Hall–Kier alpha value is -1.67. The Kier molecular flexibility index (Phi) is 4.01. The molecule has 1 N–H and O–H groups in total. The lowest BCUT2D eigenvalue weighted by Gasteiger charge is -2.27. The number of halogens is 2. The number of ether oxygens (including phenoxy) is 1. The average Bonchev–Trinajstić information content (AvgIpc) is 3.23. The van der Waals surface area contributed by atoms with E-state index in [1.54, 1.807) is 0 Å². The predicted molar refractivity (Wildman–Crippen MR) is 66.6 cm³/mol. The number of hydrogen-bond acceptors (Lipinski definition) is 3.